The number of hydrogen-bond donors (Lipinski definition) is 1. The number of rotatable bonds is 3. The number of ether oxygens (including phenoxy) is 1. The summed E-state index contributed by atoms with van der Waals surface area (Å²) in [6.07, 6.45) is 10.4. The summed E-state index contributed by atoms with van der Waals surface area (Å²) < 4.78 is 5.45. The van der Waals surface area contributed by atoms with Gasteiger partial charge in [-0.25, -0.2) is 0 Å². The monoisotopic (exact) mass is 235 g/mol. The zero-order valence-electron chi connectivity index (χ0n) is 10.9. The molecule has 2 nitrogen and oxygen atoms in total. The average Bonchev–Trinajstić information content (AvgIpc) is 2.76. The fourth-order valence-electron chi connectivity index (χ4n) is 5.29. The third-order valence-electron chi connectivity index (χ3n) is 6.17. The maximum absolute atomic E-state index is 5.45. The van der Waals surface area contributed by atoms with Crippen molar-refractivity contribution in [1.29, 1.82) is 0 Å². The maximum atomic E-state index is 5.45. The summed E-state index contributed by atoms with van der Waals surface area (Å²) in [6.45, 7) is 0. The molecule has 4 atom stereocenters. The van der Waals surface area contributed by atoms with Crippen LogP contribution in [0.1, 0.15) is 44.9 Å². The van der Waals surface area contributed by atoms with Gasteiger partial charge in [-0.2, -0.15) is 0 Å². The van der Waals surface area contributed by atoms with Crippen molar-refractivity contribution in [2.45, 2.75) is 63.1 Å². The van der Waals surface area contributed by atoms with Crippen LogP contribution >= 0.6 is 0 Å². The Morgan fingerprint density at radius 3 is 2.12 bits per heavy atom. The van der Waals surface area contributed by atoms with Crippen LogP contribution in [0.2, 0.25) is 0 Å². The fourth-order valence-corrected chi connectivity index (χ4v) is 5.29. The summed E-state index contributed by atoms with van der Waals surface area (Å²) in [7, 11) is 1.86. The fraction of sp³-hybridized carbons (Fsp3) is 1.00. The molecule has 0 heterocycles. The van der Waals surface area contributed by atoms with E-state index in [2.05, 4.69) is 5.32 Å². The van der Waals surface area contributed by atoms with E-state index >= 15 is 0 Å². The molecule has 4 unspecified atom stereocenters. The molecule has 0 aliphatic heterocycles. The SMILES string of the molecule is COC1CCC(NC2C3C4CCC(C4)C23)CC1. The smallest absolute Gasteiger partial charge is 0.0572 e. The summed E-state index contributed by atoms with van der Waals surface area (Å²) in [5.41, 5.74) is 0. The van der Waals surface area contributed by atoms with Crippen molar-refractivity contribution in [1.82, 2.24) is 5.32 Å². The molecular weight excluding hydrogens is 210 g/mol. The summed E-state index contributed by atoms with van der Waals surface area (Å²) >= 11 is 0. The highest BCUT2D eigenvalue weighted by Crippen LogP contribution is 2.65. The molecule has 96 valence electrons. The minimum absolute atomic E-state index is 0.544. The van der Waals surface area contributed by atoms with Crippen LogP contribution in [0.4, 0.5) is 0 Å². The molecule has 4 rings (SSSR count). The Morgan fingerprint density at radius 1 is 0.882 bits per heavy atom. The van der Waals surface area contributed by atoms with Crippen LogP contribution in [-0.2, 0) is 4.74 Å². The molecule has 0 aromatic rings. The molecule has 0 amide bonds. The van der Waals surface area contributed by atoms with Gasteiger partial charge in [0, 0.05) is 19.2 Å². The zero-order chi connectivity index (χ0) is 11.4. The first kappa shape index (κ1) is 10.8. The minimum atomic E-state index is 0.544. The molecule has 0 spiro atoms. The van der Waals surface area contributed by atoms with Crippen LogP contribution < -0.4 is 5.32 Å². The Kier molecular flexibility index (Phi) is 2.52. The van der Waals surface area contributed by atoms with Crippen molar-refractivity contribution in [3.8, 4) is 0 Å². The van der Waals surface area contributed by atoms with Gasteiger partial charge >= 0.3 is 0 Å². The minimum Gasteiger partial charge on any atom is -0.381 e. The Balaban J connectivity index is 1.30. The second kappa shape index (κ2) is 3.96. The van der Waals surface area contributed by atoms with E-state index < -0.39 is 0 Å². The van der Waals surface area contributed by atoms with Crippen LogP contribution in [0.5, 0.6) is 0 Å². The average molecular weight is 235 g/mol. The van der Waals surface area contributed by atoms with Crippen LogP contribution in [-0.4, -0.2) is 25.3 Å². The van der Waals surface area contributed by atoms with Gasteiger partial charge in [-0.05, 0) is 68.6 Å². The largest absolute Gasteiger partial charge is 0.381 e. The molecule has 0 radical (unpaired) electrons. The van der Waals surface area contributed by atoms with E-state index in [0.717, 1.165) is 35.8 Å². The number of nitrogens with one attached hydrogen (secondary N) is 1. The first-order valence-electron chi connectivity index (χ1n) is 7.65. The highest BCUT2D eigenvalue weighted by atomic mass is 16.5. The number of methoxy groups -OCH3 is 1. The molecule has 1 N–H and O–H groups in total. The lowest BCUT2D eigenvalue weighted by atomic mass is 9.92. The topological polar surface area (TPSA) is 21.3 Å². The Hall–Kier alpha value is -0.0800. The van der Waals surface area contributed by atoms with Crippen LogP contribution in [0.3, 0.4) is 0 Å². The standard InChI is InChI=1S/C15H25NO/c1-17-12-6-4-11(5-7-12)16-15-13-9-2-3-10(8-9)14(13)15/h9-16H,2-8H2,1H3. The van der Waals surface area contributed by atoms with E-state index in [1.165, 1.54) is 25.7 Å². The van der Waals surface area contributed by atoms with Gasteiger partial charge in [0.1, 0.15) is 0 Å². The number of fused-ring (bicyclic) bond motifs is 5. The molecular formula is C15H25NO. The molecule has 17 heavy (non-hydrogen) atoms. The molecule has 4 fully saturated rings. The van der Waals surface area contributed by atoms with Gasteiger partial charge in [0.15, 0.2) is 0 Å². The van der Waals surface area contributed by atoms with Gasteiger partial charge in [-0.15, -0.1) is 0 Å². The molecule has 0 aromatic heterocycles. The van der Waals surface area contributed by atoms with Crippen molar-refractivity contribution in [2.75, 3.05) is 7.11 Å². The lowest BCUT2D eigenvalue weighted by Gasteiger charge is -2.29. The summed E-state index contributed by atoms with van der Waals surface area (Å²) in [5.74, 6) is 4.40. The molecule has 0 aromatic carbocycles. The molecule has 4 aliphatic carbocycles. The predicted molar refractivity (Wildman–Crippen MR) is 67.8 cm³/mol. The maximum Gasteiger partial charge on any atom is 0.0572 e. The third-order valence-corrected chi connectivity index (χ3v) is 6.17. The van der Waals surface area contributed by atoms with E-state index in [-0.39, 0.29) is 0 Å². The quantitative estimate of drug-likeness (QED) is 0.812. The summed E-state index contributed by atoms with van der Waals surface area (Å²) in [5, 5.41) is 3.98. The second-order valence-electron chi connectivity index (χ2n) is 6.89. The Labute approximate surface area is 104 Å². The number of hydrogen-bond acceptors (Lipinski definition) is 2. The summed E-state index contributed by atoms with van der Waals surface area (Å²) in [4.78, 5) is 0. The van der Waals surface area contributed by atoms with Gasteiger partial charge in [0.05, 0.1) is 6.10 Å². The van der Waals surface area contributed by atoms with Crippen molar-refractivity contribution in [3.05, 3.63) is 0 Å². The molecule has 2 bridgehead atoms. The third kappa shape index (κ3) is 1.67. The van der Waals surface area contributed by atoms with Gasteiger partial charge in [-0.1, -0.05) is 0 Å². The lowest BCUT2D eigenvalue weighted by Crippen LogP contribution is -2.38. The normalized spacial score (nSPS) is 55.9. The lowest BCUT2D eigenvalue weighted by molar-refractivity contribution is 0.0618. The Morgan fingerprint density at radius 2 is 1.53 bits per heavy atom. The van der Waals surface area contributed by atoms with E-state index in [1.54, 1.807) is 19.3 Å². The van der Waals surface area contributed by atoms with Gasteiger partial charge in [0.25, 0.3) is 0 Å². The van der Waals surface area contributed by atoms with Crippen molar-refractivity contribution < 1.29 is 4.74 Å². The van der Waals surface area contributed by atoms with Crippen molar-refractivity contribution in [2.24, 2.45) is 23.7 Å². The summed E-state index contributed by atoms with van der Waals surface area (Å²) in [6, 6.07) is 1.72. The van der Waals surface area contributed by atoms with Gasteiger partial charge in [0.2, 0.25) is 0 Å². The second-order valence-corrected chi connectivity index (χ2v) is 6.89. The van der Waals surface area contributed by atoms with Crippen molar-refractivity contribution in [3.63, 3.8) is 0 Å². The van der Waals surface area contributed by atoms with E-state index in [4.69, 9.17) is 4.74 Å². The van der Waals surface area contributed by atoms with Crippen LogP contribution in [0, 0.1) is 23.7 Å². The van der Waals surface area contributed by atoms with E-state index in [0.29, 0.717) is 6.10 Å². The molecule has 4 saturated carbocycles. The van der Waals surface area contributed by atoms with E-state index in [1.807, 2.05) is 7.11 Å². The molecule has 4 aliphatic rings. The Bertz CT molecular complexity index is 281. The molecule has 0 saturated heterocycles. The zero-order valence-corrected chi connectivity index (χ0v) is 10.9. The predicted octanol–water partition coefficient (Wildman–Crippen LogP) is 2.58. The van der Waals surface area contributed by atoms with Gasteiger partial charge in [-0.3, -0.25) is 0 Å². The van der Waals surface area contributed by atoms with Gasteiger partial charge < -0.3 is 10.1 Å². The highest BCUT2D eigenvalue weighted by molar-refractivity contribution is 5.17. The first-order chi connectivity index (χ1) is 8.36. The van der Waals surface area contributed by atoms with Crippen LogP contribution in [0.25, 0.3) is 0 Å². The molecule has 2 heteroatoms. The van der Waals surface area contributed by atoms with Crippen molar-refractivity contribution >= 4 is 0 Å². The van der Waals surface area contributed by atoms with E-state index in [9.17, 15) is 0 Å². The van der Waals surface area contributed by atoms with Crippen LogP contribution in [0.15, 0.2) is 0 Å². The first-order valence-corrected chi connectivity index (χ1v) is 7.65. The highest BCUT2D eigenvalue weighted by Gasteiger charge is 2.64.